The van der Waals surface area contributed by atoms with Crippen LogP contribution in [-0.2, 0) is 7.05 Å². The molecule has 1 heterocycles. The Hall–Kier alpha value is -2.49. The van der Waals surface area contributed by atoms with Crippen LogP contribution in [0, 0.1) is 13.8 Å². The maximum Gasteiger partial charge on any atom is 0.141 e. The average Bonchev–Trinajstić information content (AvgIpc) is 2.79. The van der Waals surface area contributed by atoms with Crippen LogP contribution >= 0.6 is 0 Å². The number of hydrogen-bond donors (Lipinski definition) is 1. The van der Waals surface area contributed by atoms with Gasteiger partial charge in [-0.3, -0.25) is 0 Å². The van der Waals surface area contributed by atoms with Gasteiger partial charge in [0.05, 0.1) is 18.1 Å². The normalized spacial score (nSPS) is 11.0. The van der Waals surface area contributed by atoms with E-state index in [9.17, 15) is 0 Å². The van der Waals surface area contributed by atoms with Crippen LogP contribution in [0.2, 0.25) is 0 Å². The van der Waals surface area contributed by atoms with Crippen LogP contribution in [0.15, 0.2) is 30.3 Å². The minimum atomic E-state index is 0.762. The zero-order valence-electron chi connectivity index (χ0n) is 12.8. The molecule has 0 atom stereocenters. The van der Waals surface area contributed by atoms with Crippen LogP contribution in [0.4, 0.5) is 5.69 Å². The summed E-state index contributed by atoms with van der Waals surface area (Å²) in [6, 6.07) is 9.91. The average molecular weight is 281 g/mol. The molecule has 0 aliphatic rings. The first kappa shape index (κ1) is 13.5. The highest BCUT2D eigenvalue weighted by molar-refractivity contribution is 5.83. The molecule has 2 N–H and O–H groups in total. The van der Waals surface area contributed by atoms with E-state index in [0.717, 1.165) is 33.9 Å². The summed E-state index contributed by atoms with van der Waals surface area (Å²) in [6.45, 7) is 4.17. The third-order valence-corrected chi connectivity index (χ3v) is 4.02. The highest BCUT2D eigenvalue weighted by atomic mass is 16.5. The summed E-state index contributed by atoms with van der Waals surface area (Å²) in [5, 5.41) is 0. The fourth-order valence-electron chi connectivity index (χ4n) is 2.67. The summed E-state index contributed by atoms with van der Waals surface area (Å²) in [5.41, 5.74) is 12.2. The number of nitrogen functional groups attached to an aromatic ring is 1. The quantitative estimate of drug-likeness (QED) is 0.732. The van der Waals surface area contributed by atoms with E-state index in [0.29, 0.717) is 0 Å². The molecular weight excluding hydrogens is 262 g/mol. The van der Waals surface area contributed by atoms with Crippen molar-refractivity contribution in [3.05, 3.63) is 41.5 Å². The zero-order valence-corrected chi connectivity index (χ0v) is 12.8. The molecule has 0 spiro atoms. The minimum absolute atomic E-state index is 0.762. The molecule has 4 nitrogen and oxygen atoms in total. The van der Waals surface area contributed by atoms with Crippen LogP contribution in [-0.4, -0.2) is 16.7 Å². The van der Waals surface area contributed by atoms with Crippen molar-refractivity contribution < 1.29 is 4.74 Å². The molecular formula is C17H19N3O. The minimum Gasteiger partial charge on any atom is -0.497 e. The SMILES string of the molecule is COc1ccc2c(c1)nc(-c1cc(N)cc(C)c1C)n2C. The van der Waals surface area contributed by atoms with Gasteiger partial charge in [-0.15, -0.1) is 0 Å². The molecule has 3 aromatic rings. The van der Waals surface area contributed by atoms with Crippen molar-refractivity contribution in [3.63, 3.8) is 0 Å². The van der Waals surface area contributed by atoms with E-state index in [1.807, 2.05) is 37.4 Å². The smallest absolute Gasteiger partial charge is 0.141 e. The van der Waals surface area contributed by atoms with E-state index in [1.54, 1.807) is 7.11 Å². The molecule has 0 radical (unpaired) electrons. The molecule has 0 aliphatic carbocycles. The van der Waals surface area contributed by atoms with Gasteiger partial charge >= 0.3 is 0 Å². The Balaban J connectivity index is 2.28. The summed E-state index contributed by atoms with van der Waals surface area (Å²) in [6.07, 6.45) is 0. The number of hydrogen-bond acceptors (Lipinski definition) is 3. The van der Waals surface area contributed by atoms with Crippen molar-refractivity contribution in [1.29, 1.82) is 0 Å². The molecule has 0 aliphatic heterocycles. The predicted molar refractivity (Wildman–Crippen MR) is 86.6 cm³/mol. The third-order valence-electron chi connectivity index (χ3n) is 4.02. The van der Waals surface area contributed by atoms with Gasteiger partial charge in [0.15, 0.2) is 0 Å². The first-order chi connectivity index (χ1) is 10.0. The molecule has 4 heteroatoms. The van der Waals surface area contributed by atoms with Gasteiger partial charge < -0.3 is 15.0 Å². The Morgan fingerprint density at radius 1 is 1.14 bits per heavy atom. The van der Waals surface area contributed by atoms with Crippen LogP contribution in [0.1, 0.15) is 11.1 Å². The van der Waals surface area contributed by atoms with E-state index in [1.165, 1.54) is 11.1 Å². The second kappa shape index (κ2) is 4.81. The van der Waals surface area contributed by atoms with Crippen molar-refractivity contribution in [1.82, 2.24) is 9.55 Å². The zero-order chi connectivity index (χ0) is 15.1. The molecule has 3 rings (SSSR count). The highest BCUT2D eigenvalue weighted by Crippen LogP contribution is 2.31. The lowest BCUT2D eigenvalue weighted by Crippen LogP contribution is -1.98. The molecule has 0 fully saturated rings. The van der Waals surface area contributed by atoms with Gasteiger partial charge in [0, 0.05) is 24.4 Å². The lowest BCUT2D eigenvalue weighted by atomic mass is 10.0. The number of aryl methyl sites for hydroxylation is 2. The largest absolute Gasteiger partial charge is 0.497 e. The maximum atomic E-state index is 6.00. The number of fused-ring (bicyclic) bond motifs is 1. The monoisotopic (exact) mass is 281 g/mol. The summed E-state index contributed by atoms with van der Waals surface area (Å²) in [7, 11) is 3.69. The molecule has 0 unspecified atom stereocenters. The van der Waals surface area contributed by atoms with Crippen molar-refractivity contribution in [2.75, 3.05) is 12.8 Å². The van der Waals surface area contributed by atoms with Crippen molar-refractivity contribution in [3.8, 4) is 17.1 Å². The van der Waals surface area contributed by atoms with E-state index in [4.69, 9.17) is 15.5 Å². The number of nitrogens with two attached hydrogens (primary N) is 1. The lowest BCUT2D eigenvalue weighted by molar-refractivity contribution is 0.415. The van der Waals surface area contributed by atoms with E-state index in [-0.39, 0.29) is 0 Å². The number of ether oxygens (including phenoxy) is 1. The lowest BCUT2D eigenvalue weighted by Gasteiger charge is -2.10. The molecule has 0 bridgehead atoms. The molecule has 0 saturated heterocycles. The number of aromatic nitrogens is 2. The van der Waals surface area contributed by atoms with Gasteiger partial charge in [0.1, 0.15) is 11.6 Å². The molecule has 2 aromatic carbocycles. The Kier molecular flexibility index (Phi) is 3.09. The number of imidazole rings is 1. The maximum absolute atomic E-state index is 6.00. The van der Waals surface area contributed by atoms with Crippen LogP contribution in [0.25, 0.3) is 22.4 Å². The van der Waals surface area contributed by atoms with Gasteiger partial charge in [-0.1, -0.05) is 0 Å². The molecule has 21 heavy (non-hydrogen) atoms. The van der Waals surface area contributed by atoms with Gasteiger partial charge in [0.2, 0.25) is 0 Å². The van der Waals surface area contributed by atoms with Crippen LogP contribution in [0.5, 0.6) is 5.75 Å². The van der Waals surface area contributed by atoms with Gasteiger partial charge in [-0.25, -0.2) is 4.98 Å². The van der Waals surface area contributed by atoms with Gasteiger partial charge in [-0.05, 0) is 49.2 Å². The number of benzene rings is 2. The van der Waals surface area contributed by atoms with Crippen molar-refractivity contribution >= 4 is 16.7 Å². The molecule has 108 valence electrons. The number of anilines is 1. The Morgan fingerprint density at radius 3 is 2.62 bits per heavy atom. The van der Waals surface area contributed by atoms with Gasteiger partial charge in [-0.2, -0.15) is 0 Å². The van der Waals surface area contributed by atoms with Crippen molar-refractivity contribution in [2.45, 2.75) is 13.8 Å². The number of nitrogens with zero attached hydrogens (tertiary/aromatic N) is 2. The molecule has 1 aromatic heterocycles. The highest BCUT2D eigenvalue weighted by Gasteiger charge is 2.14. The van der Waals surface area contributed by atoms with Crippen LogP contribution in [0.3, 0.4) is 0 Å². The molecule has 0 saturated carbocycles. The van der Waals surface area contributed by atoms with E-state index < -0.39 is 0 Å². The first-order valence-electron chi connectivity index (χ1n) is 6.89. The number of methoxy groups -OCH3 is 1. The van der Waals surface area contributed by atoms with E-state index in [2.05, 4.69) is 18.4 Å². The Bertz CT molecular complexity index is 834. The Morgan fingerprint density at radius 2 is 1.90 bits per heavy atom. The predicted octanol–water partition coefficient (Wildman–Crippen LogP) is 3.45. The van der Waals surface area contributed by atoms with Gasteiger partial charge in [0.25, 0.3) is 0 Å². The second-order valence-electron chi connectivity index (χ2n) is 5.36. The topological polar surface area (TPSA) is 53.1 Å². The summed E-state index contributed by atoms with van der Waals surface area (Å²) >= 11 is 0. The summed E-state index contributed by atoms with van der Waals surface area (Å²) in [4.78, 5) is 4.76. The number of rotatable bonds is 2. The second-order valence-corrected chi connectivity index (χ2v) is 5.36. The van der Waals surface area contributed by atoms with Crippen LogP contribution < -0.4 is 10.5 Å². The summed E-state index contributed by atoms with van der Waals surface area (Å²) in [5.74, 6) is 1.73. The fourth-order valence-corrected chi connectivity index (χ4v) is 2.67. The fraction of sp³-hybridized carbons (Fsp3) is 0.235. The van der Waals surface area contributed by atoms with E-state index >= 15 is 0 Å². The van der Waals surface area contributed by atoms with Crippen molar-refractivity contribution in [2.24, 2.45) is 7.05 Å². The summed E-state index contributed by atoms with van der Waals surface area (Å²) < 4.78 is 7.36. The standard InChI is InChI=1S/C17H19N3O/c1-10-7-12(18)8-14(11(10)2)17-19-15-9-13(21-4)5-6-16(15)20(17)3/h5-9H,18H2,1-4H3. The first-order valence-corrected chi connectivity index (χ1v) is 6.89. The third kappa shape index (κ3) is 2.13. The molecule has 0 amide bonds. The Labute approximate surface area is 124 Å².